The molecule has 0 saturated heterocycles. The lowest BCUT2D eigenvalue weighted by molar-refractivity contribution is -0.142. The molecule has 0 aliphatic heterocycles. The maximum Gasteiger partial charge on any atom is 0.311 e. The van der Waals surface area contributed by atoms with E-state index in [0.717, 1.165) is 6.20 Å². The molecule has 0 spiro atoms. The number of aromatic nitrogens is 1. The molecule has 1 N–H and O–H groups in total. The van der Waals surface area contributed by atoms with E-state index in [-0.39, 0.29) is 18.7 Å². The summed E-state index contributed by atoms with van der Waals surface area (Å²) in [5.41, 5.74) is -1.62. The normalized spacial score (nSPS) is 10.6. The van der Waals surface area contributed by atoms with Gasteiger partial charge in [-0.05, 0) is 6.92 Å². The van der Waals surface area contributed by atoms with Gasteiger partial charge in [-0.1, -0.05) is 11.6 Å². The van der Waals surface area contributed by atoms with E-state index in [1.165, 1.54) is 0 Å². The number of hydrogen-bond donors (Lipinski definition) is 1. The standard InChI is InChI=1S/C10H10ClF2NO3/c1-2-17-7(15)3-6-8(11)9(16)5(4-14-6)10(12)13/h4,10H,2-3H2,1H3,(H,14,16). The highest BCUT2D eigenvalue weighted by molar-refractivity contribution is 6.31. The van der Waals surface area contributed by atoms with Crippen molar-refractivity contribution in [1.82, 2.24) is 4.98 Å². The van der Waals surface area contributed by atoms with Gasteiger partial charge in [-0.25, -0.2) is 8.78 Å². The molecule has 0 unspecified atom stereocenters. The van der Waals surface area contributed by atoms with E-state index in [4.69, 9.17) is 11.6 Å². The minimum atomic E-state index is -2.91. The molecule has 1 heterocycles. The van der Waals surface area contributed by atoms with Crippen LogP contribution in [0.5, 0.6) is 0 Å². The molecule has 0 aliphatic rings. The smallest absolute Gasteiger partial charge is 0.311 e. The molecule has 0 saturated carbocycles. The summed E-state index contributed by atoms with van der Waals surface area (Å²) in [5.74, 6) is -0.588. The lowest BCUT2D eigenvalue weighted by Gasteiger charge is -2.06. The van der Waals surface area contributed by atoms with Crippen LogP contribution >= 0.6 is 11.6 Å². The number of rotatable bonds is 4. The number of halogens is 3. The number of esters is 1. The summed E-state index contributed by atoms with van der Waals surface area (Å²) in [6, 6.07) is 0. The minimum Gasteiger partial charge on any atom is -0.466 e. The third-order valence-electron chi connectivity index (χ3n) is 1.99. The van der Waals surface area contributed by atoms with Crippen molar-refractivity contribution in [3.05, 3.63) is 32.7 Å². The van der Waals surface area contributed by atoms with Crippen LogP contribution in [0, 0.1) is 0 Å². The number of ether oxygens (including phenoxy) is 1. The Kier molecular flexibility index (Phi) is 4.62. The highest BCUT2D eigenvalue weighted by atomic mass is 35.5. The van der Waals surface area contributed by atoms with Crippen LogP contribution < -0.4 is 5.43 Å². The molecule has 4 nitrogen and oxygen atoms in total. The molecule has 1 rings (SSSR count). The quantitative estimate of drug-likeness (QED) is 0.848. The third-order valence-corrected chi connectivity index (χ3v) is 2.39. The Morgan fingerprint density at radius 1 is 1.59 bits per heavy atom. The van der Waals surface area contributed by atoms with Gasteiger partial charge in [0.05, 0.1) is 18.6 Å². The fraction of sp³-hybridized carbons (Fsp3) is 0.400. The van der Waals surface area contributed by atoms with Gasteiger partial charge >= 0.3 is 5.97 Å². The van der Waals surface area contributed by atoms with E-state index in [1.54, 1.807) is 6.92 Å². The van der Waals surface area contributed by atoms with Gasteiger partial charge in [-0.2, -0.15) is 0 Å². The van der Waals surface area contributed by atoms with Gasteiger partial charge in [-0.15, -0.1) is 0 Å². The number of alkyl halides is 2. The first-order valence-electron chi connectivity index (χ1n) is 4.81. The molecule has 0 aliphatic carbocycles. The second-order valence-corrected chi connectivity index (χ2v) is 3.53. The summed E-state index contributed by atoms with van der Waals surface area (Å²) >= 11 is 5.60. The highest BCUT2D eigenvalue weighted by Gasteiger charge is 2.18. The molecule has 1 aromatic rings. The van der Waals surface area contributed by atoms with Crippen LogP contribution in [0.4, 0.5) is 8.78 Å². The molecule has 0 atom stereocenters. The zero-order valence-electron chi connectivity index (χ0n) is 8.93. The maximum absolute atomic E-state index is 12.4. The van der Waals surface area contributed by atoms with Crippen LogP contribution in [-0.4, -0.2) is 17.6 Å². The van der Waals surface area contributed by atoms with Crippen LogP contribution in [0.1, 0.15) is 24.6 Å². The molecule has 0 radical (unpaired) electrons. The number of aromatic amines is 1. The van der Waals surface area contributed by atoms with Gasteiger partial charge < -0.3 is 9.72 Å². The number of carbonyl (C=O) groups excluding carboxylic acids is 1. The Balaban J connectivity index is 3.01. The Bertz CT molecular complexity index is 473. The number of pyridine rings is 1. The van der Waals surface area contributed by atoms with E-state index >= 15 is 0 Å². The first-order chi connectivity index (χ1) is 7.97. The van der Waals surface area contributed by atoms with E-state index in [2.05, 4.69) is 9.72 Å². The van der Waals surface area contributed by atoms with Crippen LogP contribution in [0.25, 0.3) is 0 Å². The Morgan fingerprint density at radius 3 is 2.76 bits per heavy atom. The largest absolute Gasteiger partial charge is 0.466 e. The molecule has 94 valence electrons. The highest BCUT2D eigenvalue weighted by Crippen LogP contribution is 2.18. The van der Waals surface area contributed by atoms with Gasteiger partial charge in [0.2, 0.25) is 5.43 Å². The molecule has 7 heteroatoms. The summed E-state index contributed by atoms with van der Waals surface area (Å²) in [6.45, 7) is 1.82. The van der Waals surface area contributed by atoms with Crippen molar-refractivity contribution in [2.45, 2.75) is 19.8 Å². The van der Waals surface area contributed by atoms with Crippen molar-refractivity contribution < 1.29 is 18.3 Å². The van der Waals surface area contributed by atoms with Gasteiger partial charge in [-0.3, -0.25) is 9.59 Å². The van der Waals surface area contributed by atoms with Gasteiger partial charge in [0.15, 0.2) is 0 Å². The molecule has 0 fully saturated rings. The Morgan fingerprint density at radius 2 is 2.24 bits per heavy atom. The number of carbonyl (C=O) groups is 1. The fourth-order valence-electron chi connectivity index (χ4n) is 1.20. The van der Waals surface area contributed by atoms with Crippen molar-refractivity contribution in [3.8, 4) is 0 Å². The number of hydrogen-bond acceptors (Lipinski definition) is 3. The zero-order valence-corrected chi connectivity index (χ0v) is 9.68. The monoisotopic (exact) mass is 265 g/mol. The van der Waals surface area contributed by atoms with Gasteiger partial charge in [0.1, 0.15) is 5.02 Å². The first kappa shape index (κ1) is 13.6. The Labute approximate surface area is 101 Å². The average Bonchev–Trinajstić information content (AvgIpc) is 2.25. The second kappa shape index (κ2) is 5.77. The number of H-pyrrole nitrogens is 1. The van der Waals surface area contributed by atoms with Crippen molar-refractivity contribution >= 4 is 17.6 Å². The second-order valence-electron chi connectivity index (χ2n) is 3.15. The van der Waals surface area contributed by atoms with Gasteiger partial charge in [0, 0.05) is 11.9 Å². The van der Waals surface area contributed by atoms with Crippen molar-refractivity contribution in [2.24, 2.45) is 0 Å². The average molecular weight is 266 g/mol. The number of nitrogens with one attached hydrogen (secondary N) is 1. The van der Waals surface area contributed by atoms with Crippen LogP contribution in [0.3, 0.4) is 0 Å². The van der Waals surface area contributed by atoms with Crippen LogP contribution in [-0.2, 0) is 16.0 Å². The Hall–Kier alpha value is -1.43. The third kappa shape index (κ3) is 3.26. The predicted octanol–water partition coefficient (Wildman–Crippen LogP) is 2.07. The minimum absolute atomic E-state index is 0.0690. The van der Waals surface area contributed by atoms with Crippen molar-refractivity contribution in [3.63, 3.8) is 0 Å². The molecule has 0 aromatic carbocycles. The topological polar surface area (TPSA) is 59.2 Å². The van der Waals surface area contributed by atoms with Gasteiger partial charge in [0.25, 0.3) is 6.43 Å². The van der Waals surface area contributed by atoms with Crippen molar-refractivity contribution in [1.29, 1.82) is 0 Å². The summed E-state index contributed by atoms with van der Waals surface area (Å²) < 4.78 is 29.4. The SMILES string of the molecule is CCOC(=O)Cc1[nH]cc(C(F)F)c(=O)c1Cl. The zero-order chi connectivity index (χ0) is 13.0. The summed E-state index contributed by atoms with van der Waals surface area (Å²) in [5, 5.41) is -0.407. The molecule has 17 heavy (non-hydrogen) atoms. The summed E-state index contributed by atoms with van der Waals surface area (Å²) in [6.07, 6.45) is -2.31. The van der Waals surface area contributed by atoms with Crippen LogP contribution in [0.2, 0.25) is 5.02 Å². The first-order valence-corrected chi connectivity index (χ1v) is 5.18. The van der Waals surface area contributed by atoms with E-state index in [1.807, 2.05) is 0 Å². The van der Waals surface area contributed by atoms with E-state index in [0.29, 0.717) is 0 Å². The maximum atomic E-state index is 12.4. The fourth-order valence-corrected chi connectivity index (χ4v) is 1.44. The summed E-state index contributed by atoms with van der Waals surface area (Å²) in [4.78, 5) is 24.9. The molecule has 1 aromatic heterocycles. The lowest BCUT2D eigenvalue weighted by Crippen LogP contribution is -2.16. The van der Waals surface area contributed by atoms with Crippen molar-refractivity contribution in [2.75, 3.05) is 6.61 Å². The lowest BCUT2D eigenvalue weighted by atomic mass is 10.2. The molecular formula is C10H10ClF2NO3. The van der Waals surface area contributed by atoms with Crippen LogP contribution in [0.15, 0.2) is 11.0 Å². The summed E-state index contributed by atoms with van der Waals surface area (Å²) in [7, 11) is 0. The predicted molar refractivity (Wildman–Crippen MR) is 57.4 cm³/mol. The molecule has 0 amide bonds. The molecular weight excluding hydrogens is 256 g/mol. The van der Waals surface area contributed by atoms with E-state index in [9.17, 15) is 18.4 Å². The van der Waals surface area contributed by atoms with E-state index < -0.39 is 28.4 Å². The molecule has 0 bridgehead atoms.